The van der Waals surface area contributed by atoms with E-state index in [-0.39, 0.29) is 11.0 Å². The van der Waals surface area contributed by atoms with Crippen LogP contribution in [0.5, 0.6) is 0 Å². The average Bonchev–Trinajstić information content (AvgIpc) is 2.01. The number of aliphatic hydroxyl groups excluding tert-OH is 1. The molecule has 0 aromatic carbocycles. The second kappa shape index (κ2) is 8.93. The van der Waals surface area contributed by atoms with Crippen LogP contribution in [0.2, 0.25) is 0 Å². The summed E-state index contributed by atoms with van der Waals surface area (Å²) in [5.41, 5.74) is 0. The van der Waals surface area contributed by atoms with Crippen molar-refractivity contribution in [1.82, 2.24) is 0 Å². The highest BCUT2D eigenvalue weighted by molar-refractivity contribution is 4.35. The SMILES string of the molecule is CC[N+](CC)(CC)CCO.O.[OH-]. The van der Waals surface area contributed by atoms with Gasteiger partial charge in [0.05, 0.1) is 26.2 Å². The van der Waals surface area contributed by atoms with Gasteiger partial charge in [-0.15, -0.1) is 0 Å². The molecular weight excluding hydrogens is 158 g/mol. The summed E-state index contributed by atoms with van der Waals surface area (Å²) in [6.45, 7) is 11.2. The van der Waals surface area contributed by atoms with Crippen molar-refractivity contribution in [2.24, 2.45) is 0 Å². The van der Waals surface area contributed by atoms with Crippen LogP contribution in [0.25, 0.3) is 0 Å². The van der Waals surface area contributed by atoms with E-state index in [1.807, 2.05) is 0 Å². The van der Waals surface area contributed by atoms with Gasteiger partial charge in [-0.25, -0.2) is 0 Å². The fraction of sp³-hybridized carbons (Fsp3) is 1.00. The van der Waals surface area contributed by atoms with Gasteiger partial charge in [-0.3, -0.25) is 0 Å². The van der Waals surface area contributed by atoms with E-state index < -0.39 is 0 Å². The maximum Gasteiger partial charge on any atom is 0.102 e. The number of rotatable bonds is 5. The van der Waals surface area contributed by atoms with Crippen molar-refractivity contribution in [2.75, 3.05) is 32.8 Å². The maximum atomic E-state index is 8.78. The van der Waals surface area contributed by atoms with Gasteiger partial charge >= 0.3 is 0 Å². The van der Waals surface area contributed by atoms with Crippen LogP contribution in [0.15, 0.2) is 0 Å². The van der Waals surface area contributed by atoms with E-state index in [1.54, 1.807) is 0 Å². The lowest BCUT2D eigenvalue weighted by Gasteiger charge is -2.34. The van der Waals surface area contributed by atoms with Gasteiger partial charge in [-0.2, -0.15) is 0 Å². The van der Waals surface area contributed by atoms with Crippen molar-refractivity contribution >= 4 is 0 Å². The van der Waals surface area contributed by atoms with E-state index in [0.717, 1.165) is 30.7 Å². The number of nitrogens with zero attached hydrogens (tertiary/aromatic N) is 1. The predicted molar refractivity (Wildman–Crippen MR) is 49.4 cm³/mol. The molecule has 0 saturated heterocycles. The molecule has 78 valence electrons. The first kappa shape index (κ1) is 17.8. The molecule has 0 atom stereocenters. The van der Waals surface area contributed by atoms with Crippen molar-refractivity contribution in [3.05, 3.63) is 0 Å². The van der Waals surface area contributed by atoms with Gasteiger partial charge in [0.25, 0.3) is 0 Å². The molecule has 12 heavy (non-hydrogen) atoms. The zero-order valence-corrected chi connectivity index (χ0v) is 8.38. The smallest absolute Gasteiger partial charge is 0.102 e. The Hall–Kier alpha value is -0.160. The summed E-state index contributed by atoms with van der Waals surface area (Å²) in [6.07, 6.45) is 0. The van der Waals surface area contributed by atoms with E-state index in [9.17, 15) is 0 Å². The number of quaternary nitrogens is 1. The lowest BCUT2D eigenvalue weighted by Crippen LogP contribution is -2.49. The number of aliphatic hydroxyl groups is 1. The lowest BCUT2D eigenvalue weighted by molar-refractivity contribution is -0.923. The van der Waals surface area contributed by atoms with Crippen molar-refractivity contribution in [3.63, 3.8) is 0 Å². The first-order valence-electron chi connectivity index (χ1n) is 4.20. The molecule has 0 aliphatic carbocycles. The lowest BCUT2D eigenvalue weighted by atomic mass is 10.3. The van der Waals surface area contributed by atoms with Crippen LogP contribution >= 0.6 is 0 Å². The third-order valence-electron chi connectivity index (χ3n) is 2.59. The summed E-state index contributed by atoms with van der Waals surface area (Å²) in [5.74, 6) is 0. The van der Waals surface area contributed by atoms with Crippen LogP contribution in [0.3, 0.4) is 0 Å². The van der Waals surface area contributed by atoms with Gasteiger partial charge in [-0.05, 0) is 20.8 Å². The number of hydrogen-bond donors (Lipinski definition) is 1. The molecular formula is C8H23NO3. The van der Waals surface area contributed by atoms with Gasteiger partial charge in [0.2, 0.25) is 0 Å². The minimum Gasteiger partial charge on any atom is -0.870 e. The Balaban J connectivity index is -0.000000405. The number of hydrogen-bond acceptors (Lipinski definition) is 2. The molecule has 4 N–H and O–H groups in total. The molecule has 4 heteroatoms. The van der Waals surface area contributed by atoms with E-state index >= 15 is 0 Å². The highest BCUT2D eigenvalue weighted by atomic mass is 16.3. The molecule has 0 spiro atoms. The summed E-state index contributed by atoms with van der Waals surface area (Å²) in [4.78, 5) is 0. The third kappa shape index (κ3) is 4.66. The molecule has 0 saturated carbocycles. The zero-order chi connectivity index (χ0) is 8.04. The van der Waals surface area contributed by atoms with E-state index in [0.29, 0.717) is 6.61 Å². The van der Waals surface area contributed by atoms with Gasteiger partial charge in [-0.1, -0.05) is 0 Å². The molecule has 0 aliphatic rings. The standard InChI is InChI=1S/C8H20NO.2H2O/c1-4-9(5-2,6-3)7-8-10;;/h10H,4-8H2,1-3H3;2*1H2/q+1;;/p-1. The molecule has 0 aromatic heterocycles. The highest BCUT2D eigenvalue weighted by Crippen LogP contribution is 2.03. The minimum atomic E-state index is 0. The predicted octanol–water partition coefficient (Wildman–Crippen LogP) is -0.146. The average molecular weight is 181 g/mol. The molecule has 0 unspecified atom stereocenters. The Morgan fingerprint density at radius 2 is 1.33 bits per heavy atom. The Morgan fingerprint density at radius 1 is 1.00 bits per heavy atom. The van der Waals surface area contributed by atoms with E-state index in [4.69, 9.17) is 5.11 Å². The monoisotopic (exact) mass is 181 g/mol. The molecule has 0 heterocycles. The third-order valence-corrected chi connectivity index (χ3v) is 2.59. The molecule has 0 amide bonds. The Morgan fingerprint density at radius 3 is 1.42 bits per heavy atom. The largest absolute Gasteiger partial charge is 0.870 e. The van der Waals surface area contributed by atoms with E-state index in [1.165, 1.54) is 0 Å². The molecule has 4 nitrogen and oxygen atoms in total. The summed E-state index contributed by atoms with van der Waals surface area (Å²) in [6, 6.07) is 0. The van der Waals surface area contributed by atoms with Crippen LogP contribution in [0, 0.1) is 0 Å². The van der Waals surface area contributed by atoms with Crippen molar-refractivity contribution < 1.29 is 20.5 Å². The fourth-order valence-electron chi connectivity index (χ4n) is 1.36. The minimum absolute atomic E-state index is 0. The molecule has 0 rings (SSSR count). The summed E-state index contributed by atoms with van der Waals surface area (Å²) < 4.78 is 1.05. The maximum absolute atomic E-state index is 8.78. The van der Waals surface area contributed by atoms with E-state index in [2.05, 4.69) is 20.8 Å². The Bertz CT molecular complexity index is 76.1. The van der Waals surface area contributed by atoms with Crippen molar-refractivity contribution in [2.45, 2.75) is 20.8 Å². The zero-order valence-electron chi connectivity index (χ0n) is 8.38. The fourth-order valence-corrected chi connectivity index (χ4v) is 1.36. The van der Waals surface area contributed by atoms with Crippen LogP contribution in [-0.2, 0) is 0 Å². The molecule has 0 fully saturated rings. The molecule has 0 bridgehead atoms. The second-order valence-electron chi connectivity index (χ2n) is 2.74. The van der Waals surface area contributed by atoms with Crippen LogP contribution in [0.1, 0.15) is 20.8 Å². The quantitative estimate of drug-likeness (QED) is 0.598. The molecule has 0 aromatic rings. The summed E-state index contributed by atoms with van der Waals surface area (Å²) in [7, 11) is 0. The first-order valence-corrected chi connectivity index (χ1v) is 4.20. The summed E-state index contributed by atoms with van der Waals surface area (Å²) >= 11 is 0. The Kier molecular flexibility index (Phi) is 13.3. The topological polar surface area (TPSA) is 81.7 Å². The summed E-state index contributed by atoms with van der Waals surface area (Å²) in [5, 5.41) is 8.78. The second-order valence-corrected chi connectivity index (χ2v) is 2.74. The van der Waals surface area contributed by atoms with Crippen LogP contribution in [-0.4, -0.2) is 53.3 Å². The van der Waals surface area contributed by atoms with Crippen LogP contribution < -0.4 is 0 Å². The Labute approximate surface area is 75.0 Å². The normalized spacial score (nSPS) is 10.0. The number of likely N-dealkylation sites (N-methyl/N-ethyl adjacent to an activating group) is 1. The van der Waals surface area contributed by atoms with Crippen LogP contribution in [0.4, 0.5) is 0 Å². The van der Waals surface area contributed by atoms with Gasteiger partial charge < -0.3 is 20.5 Å². The van der Waals surface area contributed by atoms with Gasteiger partial charge in [0, 0.05) is 0 Å². The highest BCUT2D eigenvalue weighted by Gasteiger charge is 2.18. The molecule has 0 radical (unpaired) electrons. The van der Waals surface area contributed by atoms with Crippen molar-refractivity contribution in [1.29, 1.82) is 0 Å². The first-order chi connectivity index (χ1) is 4.74. The van der Waals surface area contributed by atoms with Gasteiger partial charge in [0.1, 0.15) is 6.54 Å². The van der Waals surface area contributed by atoms with Gasteiger partial charge in [0.15, 0.2) is 0 Å². The molecule has 0 aliphatic heterocycles. The van der Waals surface area contributed by atoms with Crippen molar-refractivity contribution in [3.8, 4) is 0 Å².